The first-order chi connectivity index (χ1) is 18.7. The van der Waals surface area contributed by atoms with Crippen LogP contribution in [0.25, 0.3) is 11.3 Å². The fourth-order valence-corrected chi connectivity index (χ4v) is 5.38. The van der Waals surface area contributed by atoms with Crippen molar-refractivity contribution < 1.29 is 22.7 Å². The van der Waals surface area contributed by atoms with Gasteiger partial charge in [0.25, 0.3) is 0 Å². The number of anilines is 2. The number of nitrogens with one attached hydrogen (secondary N) is 1. The normalized spacial score (nSPS) is 23.8. The maximum Gasteiger partial charge on any atom is 0.149 e. The van der Waals surface area contributed by atoms with Gasteiger partial charge in [0.05, 0.1) is 41.5 Å². The van der Waals surface area contributed by atoms with Crippen molar-refractivity contribution in [1.29, 1.82) is 0 Å². The Morgan fingerprint density at radius 2 is 1.85 bits per heavy atom. The average molecular weight is 545 g/mol. The molecule has 0 aliphatic carbocycles. The van der Waals surface area contributed by atoms with Crippen LogP contribution in [0.1, 0.15) is 24.6 Å². The molecule has 7 nitrogen and oxygen atoms in total. The number of hydrogen-bond donors (Lipinski definition) is 3. The third-order valence-corrected chi connectivity index (χ3v) is 7.42. The number of halogens is 4. The molecule has 0 saturated carbocycles. The molecule has 0 amide bonds. The van der Waals surface area contributed by atoms with Crippen LogP contribution in [0.3, 0.4) is 0 Å². The number of aliphatic hydroxyl groups excluding tert-OH is 1. The van der Waals surface area contributed by atoms with Crippen molar-refractivity contribution in [3.8, 4) is 11.3 Å². The van der Waals surface area contributed by atoms with E-state index in [2.05, 4.69) is 20.2 Å². The molecule has 2 aromatic heterocycles. The van der Waals surface area contributed by atoms with Crippen molar-refractivity contribution in [2.24, 2.45) is 11.7 Å². The molecule has 0 spiro atoms. The van der Waals surface area contributed by atoms with Gasteiger partial charge >= 0.3 is 0 Å². The van der Waals surface area contributed by atoms with Crippen LogP contribution >= 0.6 is 0 Å². The molecule has 4 unspecified atom stereocenters. The molecule has 2 saturated heterocycles. The highest BCUT2D eigenvalue weighted by Gasteiger charge is 2.32. The van der Waals surface area contributed by atoms with E-state index < -0.39 is 47.0 Å². The van der Waals surface area contributed by atoms with Crippen LogP contribution < -0.4 is 16.0 Å². The molecule has 208 valence electrons. The molecule has 2 fully saturated rings. The summed E-state index contributed by atoms with van der Waals surface area (Å²) >= 11 is 0. The SMILES string of the molecule is CC1CN(c2ccncc2NCc2ccc(F)c(-c3c(F)cc(CN4CCC(F)C4)cc3F)n2)CC(N)C1O. The van der Waals surface area contributed by atoms with Gasteiger partial charge in [-0.2, -0.15) is 0 Å². The third kappa shape index (κ3) is 6.00. The number of aliphatic hydroxyl groups is 1. The Bertz CT molecular complexity index is 1290. The first-order valence-electron chi connectivity index (χ1n) is 13.1. The van der Waals surface area contributed by atoms with E-state index in [1.54, 1.807) is 17.3 Å². The van der Waals surface area contributed by atoms with Crippen LogP contribution in [0.4, 0.5) is 28.9 Å². The van der Waals surface area contributed by atoms with Crippen molar-refractivity contribution in [3.63, 3.8) is 0 Å². The lowest BCUT2D eigenvalue weighted by Crippen LogP contribution is -2.55. The maximum atomic E-state index is 15.1. The molecule has 0 radical (unpaired) electrons. The van der Waals surface area contributed by atoms with Crippen molar-refractivity contribution in [1.82, 2.24) is 14.9 Å². The fourth-order valence-electron chi connectivity index (χ4n) is 5.38. The lowest BCUT2D eigenvalue weighted by Gasteiger charge is -2.40. The van der Waals surface area contributed by atoms with Crippen molar-refractivity contribution in [3.05, 3.63) is 71.4 Å². The number of aromatic nitrogens is 2. The highest BCUT2D eigenvalue weighted by atomic mass is 19.1. The van der Waals surface area contributed by atoms with Crippen molar-refractivity contribution in [2.45, 2.75) is 44.8 Å². The van der Waals surface area contributed by atoms with Crippen LogP contribution in [-0.2, 0) is 13.1 Å². The van der Waals surface area contributed by atoms with Gasteiger partial charge in [0.2, 0.25) is 0 Å². The molecule has 4 heterocycles. The quantitative estimate of drug-likeness (QED) is 0.389. The fraction of sp³-hybridized carbons (Fsp3) is 0.429. The van der Waals surface area contributed by atoms with Gasteiger partial charge in [-0.1, -0.05) is 6.92 Å². The molecule has 0 bridgehead atoms. The smallest absolute Gasteiger partial charge is 0.149 e. The summed E-state index contributed by atoms with van der Waals surface area (Å²) in [6.45, 7) is 4.09. The van der Waals surface area contributed by atoms with Crippen LogP contribution in [0.5, 0.6) is 0 Å². The van der Waals surface area contributed by atoms with Gasteiger partial charge in [-0.25, -0.2) is 22.5 Å². The van der Waals surface area contributed by atoms with Gasteiger partial charge < -0.3 is 21.1 Å². The van der Waals surface area contributed by atoms with E-state index >= 15 is 8.78 Å². The van der Waals surface area contributed by atoms with E-state index in [0.717, 1.165) is 23.9 Å². The summed E-state index contributed by atoms with van der Waals surface area (Å²) in [6, 6.07) is 6.32. The molecular weight excluding hydrogens is 512 g/mol. The van der Waals surface area contributed by atoms with Gasteiger partial charge in [0.1, 0.15) is 29.3 Å². The molecule has 5 rings (SSSR count). The summed E-state index contributed by atoms with van der Waals surface area (Å²) in [6.07, 6.45) is 2.17. The van der Waals surface area contributed by atoms with E-state index in [9.17, 15) is 13.9 Å². The first kappa shape index (κ1) is 27.3. The second-order valence-corrected chi connectivity index (χ2v) is 10.5. The van der Waals surface area contributed by atoms with E-state index in [-0.39, 0.29) is 25.6 Å². The number of hydrogen-bond acceptors (Lipinski definition) is 7. The topological polar surface area (TPSA) is 90.5 Å². The minimum Gasteiger partial charge on any atom is -0.391 e. The van der Waals surface area contributed by atoms with E-state index in [4.69, 9.17) is 5.73 Å². The Balaban J connectivity index is 1.34. The second kappa shape index (κ2) is 11.4. The molecule has 11 heteroatoms. The zero-order chi connectivity index (χ0) is 27.7. The van der Waals surface area contributed by atoms with E-state index in [1.165, 1.54) is 6.07 Å². The monoisotopic (exact) mass is 544 g/mol. The van der Waals surface area contributed by atoms with Crippen LogP contribution in [0, 0.1) is 23.4 Å². The maximum absolute atomic E-state index is 15.1. The van der Waals surface area contributed by atoms with Gasteiger partial charge in [0, 0.05) is 50.9 Å². The highest BCUT2D eigenvalue weighted by Crippen LogP contribution is 2.31. The number of likely N-dealkylation sites (tertiary alicyclic amines) is 1. The summed E-state index contributed by atoms with van der Waals surface area (Å²) in [5.41, 5.74) is 7.41. The number of nitrogens with two attached hydrogens (primary N) is 1. The molecular formula is C28H32F4N6O. The summed E-state index contributed by atoms with van der Waals surface area (Å²) in [7, 11) is 0. The second-order valence-electron chi connectivity index (χ2n) is 10.5. The summed E-state index contributed by atoms with van der Waals surface area (Å²) in [5, 5.41) is 13.4. The van der Waals surface area contributed by atoms with Crippen LogP contribution in [0.15, 0.2) is 42.7 Å². The predicted octanol–water partition coefficient (Wildman–Crippen LogP) is 3.86. The van der Waals surface area contributed by atoms with Crippen LogP contribution in [0.2, 0.25) is 0 Å². The number of alkyl halides is 1. The zero-order valence-electron chi connectivity index (χ0n) is 21.6. The zero-order valence-corrected chi connectivity index (χ0v) is 21.6. The minimum atomic E-state index is -0.940. The summed E-state index contributed by atoms with van der Waals surface area (Å²) < 4.78 is 58.3. The molecule has 1 aromatic carbocycles. The Morgan fingerprint density at radius 1 is 1.08 bits per heavy atom. The van der Waals surface area contributed by atoms with E-state index in [0.29, 0.717) is 43.0 Å². The molecule has 4 atom stereocenters. The molecule has 3 aromatic rings. The largest absolute Gasteiger partial charge is 0.391 e. The van der Waals surface area contributed by atoms with Gasteiger partial charge in [-0.3, -0.25) is 9.88 Å². The Labute approximate surface area is 224 Å². The van der Waals surface area contributed by atoms with E-state index in [1.807, 2.05) is 13.0 Å². The Kier molecular flexibility index (Phi) is 8.01. The van der Waals surface area contributed by atoms with Gasteiger partial charge in [-0.05, 0) is 42.3 Å². The van der Waals surface area contributed by atoms with Crippen molar-refractivity contribution >= 4 is 11.4 Å². The Morgan fingerprint density at radius 3 is 2.54 bits per heavy atom. The minimum absolute atomic E-state index is 0.0248. The number of nitrogens with zero attached hydrogens (tertiary/aromatic N) is 4. The standard InChI is InChI=1S/C28H32F4N6O/c1-16-12-38(15-23(33)28(16)39)25-4-6-34-11-24(25)35-10-19-2-3-20(30)27(36-19)26-21(31)8-17(9-22(26)32)13-37-7-5-18(29)14-37/h2-4,6,8-9,11,16,18,23,28,35,39H,5,7,10,12-15,33H2,1H3. The summed E-state index contributed by atoms with van der Waals surface area (Å²) in [5.74, 6) is -2.72. The van der Waals surface area contributed by atoms with Crippen molar-refractivity contribution in [2.75, 3.05) is 36.4 Å². The lowest BCUT2D eigenvalue weighted by atomic mass is 9.92. The number of pyridine rings is 2. The molecule has 4 N–H and O–H groups in total. The summed E-state index contributed by atoms with van der Waals surface area (Å²) in [4.78, 5) is 12.3. The first-order valence-corrected chi connectivity index (χ1v) is 13.1. The highest BCUT2D eigenvalue weighted by molar-refractivity contribution is 5.69. The number of benzene rings is 1. The average Bonchev–Trinajstić information content (AvgIpc) is 3.31. The molecule has 2 aliphatic heterocycles. The molecule has 2 aliphatic rings. The Hall–Kier alpha value is -3.28. The lowest BCUT2D eigenvalue weighted by molar-refractivity contribution is 0.0785. The predicted molar refractivity (Wildman–Crippen MR) is 141 cm³/mol. The third-order valence-electron chi connectivity index (χ3n) is 7.42. The number of rotatable bonds is 7. The van der Waals surface area contributed by atoms with Gasteiger partial charge in [0.15, 0.2) is 0 Å². The number of piperidine rings is 1. The van der Waals surface area contributed by atoms with Gasteiger partial charge in [-0.15, -0.1) is 0 Å². The molecule has 39 heavy (non-hydrogen) atoms. The van der Waals surface area contributed by atoms with Crippen LogP contribution in [-0.4, -0.2) is 64.5 Å².